The van der Waals surface area contributed by atoms with Gasteiger partial charge < -0.3 is 16.2 Å². The number of hydrogen-bond donors (Lipinski definition) is 2. The van der Waals surface area contributed by atoms with Crippen molar-refractivity contribution in [2.24, 2.45) is 16.5 Å². The van der Waals surface area contributed by atoms with Crippen LogP contribution in [0, 0.1) is 0 Å². The summed E-state index contributed by atoms with van der Waals surface area (Å²) in [5, 5.41) is 0. The lowest BCUT2D eigenvalue weighted by Gasteiger charge is -2.20. The summed E-state index contributed by atoms with van der Waals surface area (Å²) in [5.41, 5.74) is 10.2. The second-order valence-corrected chi connectivity index (χ2v) is 3.90. The Labute approximate surface area is 96.5 Å². The molecule has 0 rings (SSSR count). The number of esters is 1. The molecule has 5 heteroatoms. The maximum atomic E-state index is 11.2. The van der Waals surface area contributed by atoms with Crippen LogP contribution in [0.25, 0.3) is 0 Å². The van der Waals surface area contributed by atoms with Crippen molar-refractivity contribution >= 4 is 11.8 Å². The molecule has 0 aliphatic carbocycles. The highest BCUT2D eigenvalue weighted by atomic mass is 16.5. The van der Waals surface area contributed by atoms with Gasteiger partial charge in [-0.05, 0) is 26.7 Å². The van der Waals surface area contributed by atoms with E-state index < -0.39 is 11.5 Å². The van der Waals surface area contributed by atoms with Crippen LogP contribution in [-0.2, 0) is 9.53 Å². The highest BCUT2D eigenvalue weighted by Gasteiger charge is 2.27. The van der Waals surface area contributed by atoms with E-state index in [4.69, 9.17) is 11.5 Å². The largest absolute Gasteiger partial charge is 0.468 e. The van der Waals surface area contributed by atoms with Gasteiger partial charge in [-0.2, -0.15) is 0 Å². The number of ether oxygens (including phenoxy) is 1. The molecule has 0 fully saturated rings. The van der Waals surface area contributed by atoms with Crippen LogP contribution in [-0.4, -0.2) is 31.0 Å². The Balaban J connectivity index is 3.89. The summed E-state index contributed by atoms with van der Waals surface area (Å²) < 4.78 is 4.60. The summed E-state index contributed by atoms with van der Waals surface area (Å²) in [4.78, 5) is 15.2. The fraction of sp³-hybridized carbons (Fsp3) is 0.636. The Hall–Kier alpha value is -1.36. The van der Waals surface area contributed by atoms with E-state index in [0.717, 1.165) is 0 Å². The number of amidine groups is 1. The number of aliphatic imine (C=N–C) groups is 1. The van der Waals surface area contributed by atoms with Crippen molar-refractivity contribution < 1.29 is 9.53 Å². The fourth-order valence-electron chi connectivity index (χ4n) is 1.11. The first-order chi connectivity index (χ1) is 7.40. The van der Waals surface area contributed by atoms with Crippen LogP contribution in [0.4, 0.5) is 0 Å². The molecule has 4 N–H and O–H groups in total. The number of hydrogen-bond acceptors (Lipinski definition) is 4. The quantitative estimate of drug-likeness (QED) is 0.301. The van der Waals surface area contributed by atoms with Gasteiger partial charge in [-0.3, -0.25) is 9.79 Å². The van der Waals surface area contributed by atoms with Crippen molar-refractivity contribution in [3.8, 4) is 0 Å². The molecule has 92 valence electrons. The van der Waals surface area contributed by atoms with E-state index in [0.29, 0.717) is 25.2 Å². The second-order valence-electron chi connectivity index (χ2n) is 3.90. The van der Waals surface area contributed by atoms with Crippen molar-refractivity contribution in [1.29, 1.82) is 0 Å². The minimum Gasteiger partial charge on any atom is -0.468 e. The average molecular weight is 227 g/mol. The van der Waals surface area contributed by atoms with Crippen LogP contribution < -0.4 is 11.5 Å². The molecule has 0 bridgehead atoms. The van der Waals surface area contributed by atoms with Gasteiger partial charge in [0.25, 0.3) is 0 Å². The van der Waals surface area contributed by atoms with Gasteiger partial charge in [0.05, 0.1) is 19.5 Å². The zero-order chi connectivity index (χ0) is 12.6. The molecular formula is C11H21N3O2. The van der Waals surface area contributed by atoms with E-state index in [-0.39, 0.29) is 0 Å². The SMILES string of the molecule is COC(=O)[C@@](C)(N)CCC=CCN=C(C)N. The summed E-state index contributed by atoms with van der Waals surface area (Å²) in [6.07, 6.45) is 5.08. The van der Waals surface area contributed by atoms with E-state index in [9.17, 15) is 4.79 Å². The van der Waals surface area contributed by atoms with Crippen LogP contribution in [0.3, 0.4) is 0 Å². The van der Waals surface area contributed by atoms with Crippen LogP contribution >= 0.6 is 0 Å². The average Bonchev–Trinajstić information content (AvgIpc) is 2.21. The molecule has 0 heterocycles. The topological polar surface area (TPSA) is 90.7 Å². The molecule has 0 saturated heterocycles. The van der Waals surface area contributed by atoms with Gasteiger partial charge >= 0.3 is 5.97 Å². The first-order valence-electron chi connectivity index (χ1n) is 5.19. The molecular weight excluding hydrogens is 206 g/mol. The maximum absolute atomic E-state index is 11.2. The molecule has 0 spiro atoms. The number of methoxy groups -OCH3 is 1. The standard InChI is InChI=1S/C11H21N3O2/c1-9(12)14-8-6-4-5-7-11(2,13)10(15)16-3/h4,6H,5,7-8,13H2,1-3H3,(H2,12,14)/t11-/m0/s1. The lowest BCUT2D eigenvalue weighted by molar-refractivity contribution is -0.146. The molecule has 0 radical (unpaired) electrons. The summed E-state index contributed by atoms with van der Waals surface area (Å²) >= 11 is 0. The number of carbonyl (C=O) groups is 1. The lowest BCUT2D eigenvalue weighted by Crippen LogP contribution is -2.45. The predicted molar refractivity (Wildman–Crippen MR) is 65.1 cm³/mol. The molecule has 0 aliphatic heterocycles. The Kier molecular flexibility index (Phi) is 6.41. The number of allylic oxidation sites excluding steroid dienone is 1. The van der Waals surface area contributed by atoms with Gasteiger partial charge in [-0.25, -0.2) is 0 Å². The van der Waals surface area contributed by atoms with Gasteiger partial charge in [-0.1, -0.05) is 12.2 Å². The molecule has 0 unspecified atom stereocenters. The third kappa shape index (κ3) is 6.19. The molecule has 5 nitrogen and oxygen atoms in total. The first-order valence-corrected chi connectivity index (χ1v) is 5.19. The van der Waals surface area contributed by atoms with Crippen LogP contribution in [0.2, 0.25) is 0 Å². The smallest absolute Gasteiger partial charge is 0.325 e. The van der Waals surface area contributed by atoms with Crippen molar-refractivity contribution in [3.63, 3.8) is 0 Å². The summed E-state index contributed by atoms with van der Waals surface area (Å²) in [6.45, 7) is 3.96. The Morgan fingerprint density at radius 3 is 2.62 bits per heavy atom. The van der Waals surface area contributed by atoms with E-state index in [1.165, 1.54) is 7.11 Å². The van der Waals surface area contributed by atoms with Gasteiger partial charge in [0.2, 0.25) is 0 Å². The molecule has 0 amide bonds. The third-order valence-corrected chi connectivity index (χ3v) is 2.09. The molecule has 1 atom stereocenters. The van der Waals surface area contributed by atoms with Gasteiger partial charge in [0.15, 0.2) is 0 Å². The Bertz CT molecular complexity index is 279. The minimum atomic E-state index is -0.924. The molecule has 0 aliphatic rings. The Morgan fingerprint density at radius 2 is 2.12 bits per heavy atom. The first kappa shape index (κ1) is 14.6. The van der Waals surface area contributed by atoms with E-state index in [1.54, 1.807) is 13.8 Å². The van der Waals surface area contributed by atoms with Crippen molar-refractivity contribution in [1.82, 2.24) is 0 Å². The van der Waals surface area contributed by atoms with Crippen LogP contribution in [0.15, 0.2) is 17.1 Å². The third-order valence-electron chi connectivity index (χ3n) is 2.09. The second kappa shape index (κ2) is 7.00. The van der Waals surface area contributed by atoms with E-state index in [2.05, 4.69) is 9.73 Å². The zero-order valence-corrected chi connectivity index (χ0v) is 10.2. The number of nitrogens with two attached hydrogens (primary N) is 2. The summed E-state index contributed by atoms with van der Waals surface area (Å²) in [6, 6.07) is 0. The van der Waals surface area contributed by atoms with E-state index >= 15 is 0 Å². The molecule has 0 saturated carbocycles. The Morgan fingerprint density at radius 1 is 1.50 bits per heavy atom. The summed E-state index contributed by atoms with van der Waals surface area (Å²) in [5.74, 6) is 0.166. The van der Waals surface area contributed by atoms with Crippen molar-refractivity contribution in [3.05, 3.63) is 12.2 Å². The number of carbonyl (C=O) groups excluding carboxylic acids is 1. The van der Waals surface area contributed by atoms with Gasteiger partial charge in [0.1, 0.15) is 5.54 Å². The molecule has 0 aromatic carbocycles. The number of nitrogens with zero attached hydrogens (tertiary/aromatic N) is 1. The normalized spacial score (nSPS) is 16.1. The zero-order valence-electron chi connectivity index (χ0n) is 10.2. The maximum Gasteiger partial charge on any atom is 0.325 e. The molecule has 0 aromatic rings. The number of rotatable bonds is 6. The monoisotopic (exact) mass is 227 g/mol. The van der Waals surface area contributed by atoms with Crippen molar-refractivity contribution in [2.75, 3.05) is 13.7 Å². The predicted octanol–water partition coefficient (Wildman–Crippen LogP) is 0.590. The van der Waals surface area contributed by atoms with E-state index in [1.807, 2.05) is 12.2 Å². The molecule has 16 heavy (non-hydrogen) atoms. The molecule has 0 aromatic heterocycles. The fourth-order valence-corrected chi connectivity index (χ4v) is 1.11. The van der Waals surface area contributed by atoms with Crippen LogP contribution in [0.1, 0.15) is 26.7 Å². The summed E-state index contributed by atoms with van der Waals surface area (Å²) in [7, 11) is 1.34. The lowest BCUT2D eigenvalue weighted by atomic mass is 9.97. The van der Waals surface area contributed by atoms with Crippen LogP contribution in [0.5, 0.6) is 0 Å². The highest BCUT2D eigenvalue weighted by molar-refractivity contribution is 5.79. The minimum absolute atomic E-state index is 0.392. The van der Waals surface area contributed by atoms with Gasteiger partial charge in [0, 0.05) is 0 Å². The van der Waals surface area contributed by atoms with Crippen molar-refractivity contribution in [2.45, 2.75) is 32.2 Å². The highest BCUT2D eigenvalue weighted by Crippen LogP contribution is 2.10. The van der Waals surface area contributed by atoms with Gasteiger partial charge in [-0.15, -0.1) is 0 Å².